The quantitative estimate of drug-likeness (QED) is 0.172. The van der Waals surface area contributed by atoms with E-state index in [2.05, 4.69) is 217 Å². The molecule has 2 aliphatic rings. The minimum Gasteiger partial charge on any atom is -0.309 e. The number of nitrogens with zero attached hydrogens (tertiary/aromatic N) is 1. The number of rotatable bonds is 4. The monoisotopic (exact) mass is 779 g/mol. The standard InChI is InChI=1S/C58H37NS/c1-2-15-38(16-3-1)43-32-29-39-18-12-22-48-45-20-7-10-25-52(45)58(36-50(43)56(39)48)51-24-9-6-19-44(51)46-33-31-42(35-53(46)58)59(41-30-28-37-14-4-5-17-40(37)34-41)54-26-13-23-49-47-21-8-11-27-55(47)60-57(49)54/h1-35H,36H2. The third-order valence-electron chi connectivity index (χ3n) is 13.4. The van der Waals surface area contributed by atoms with Gasteiger partial charge >= 0.3 is 0 Å². The second kappa shape index (κ2) is 12.9. The van der Waals surface area contributed by atoms with E-state index in [-0.39, 0.29) is 0 Å². The molecule has 13 rings (SSSR count). The molecule has 0 saturated heterocycles. The van der Waals surface area contributed by atoms with E-state index in [1.807, 2.05) is 11.3 Å². The van der Waals surface area contributed by atoms with Gasteiger partial charge < -0.3 is 4.90 Å². The van der Waals surface area contributed by atoms with Crippen LogP contribution in [0, 0.1) is 0 Å². The Labute approximate surface area is 353 Å². The van der Waals surface area contributed by atoms with E-state index in [1.54, 1.807) is 0 Å². The van der Waals surface area contributed by atoms with Crippen LogP contribution in [0.2, 0.25) is 0 Å². The molecular weight excluding hydrogens is 743 g/mol. The minimum absolute atomic E-state index is 0.464. The van der Waals surface area contributed by atoms with Gasteiger partial charge in [0.15, 0.2) is 0 Å². The highest BCUT2D eigenvalue weighted by Crippen LogP contribution is 2.60. The number of hydrogen-bond donors (Lipinski definition) is 0. The second-order valence-corrected chi connectivity index (χ2v) is 17.4. The van der Waals surface area contributed by atoms with Crippen LogP contribution in [0.4, 0.5) is 17.1 Å². The highest BCUT2D eigenvalue weighted by atomic mass is 32.1. The van der Waals surface area contributed by atoms with Gasteiger partial charge in [0, 0.05) is 26.8 Å². The van der Waals surface area contributed by atoms with Crippen molar-refractivity contribution in [3.8, 4) is 33.4 Å². The topological polar surface area (TPSA) is 3.24 Å². The second-order valence-electron chi connectivity index (χ2n) is 16.4. The Morgan fingerprint density at radius 3 is 1.87 bits per heavy atom. The summed E-state index contributed by atoms with van der Waals surface area (Å²) in [6, 6.07) is 79.7. The molecule has 0 fully saturated rings. The van der Waals surface area contributed by atoms with E-state index in [0.717, 1.165) is 17.8 Å². The van der Waals surface area contributed by atoms with Crippen molar-refractivity contribution in [2.75, 3.05) is 4.90 Å². The van der Waals surface area contributed by atoms with Gasteiger partial charge in [-0.1, -0.05) is 176 Å². The molecule has 1 heterocycles. The van der Waals surface area contributed by atoms with Crippen molar-refractivity contribution in [2.45, 2.75) is 11.8 Å². The summed E-state index contributed by atoms with van der Waals surface area (Å²) >= 11 is 1.89. The van der Waals surface area contributed by atoms with Gasteiger partial charge in [0.25, 0.3) is 0 Å². The lowest BCUT2D eigenvalue weighted by molar-refractivity contribution is 0.637. The van der Waals surface area contributed by atoms with Crippen molar-refractivity contribution in [2.24, 2.45) is 0 Å². The lowest BCUT2D eigenvalue weighted by atomic mass is 9.67. The van der Waals surface area contributed by atoms with Crippen molar-refractivity contribution in [1.82, 2.24) is 0 Å². The van der Waals surface area contributed by atoms with Crippen molar-refractivity contribution in [3.63, 3.8) is 0 Å². The number of hydrogen-bond acceptors (Lipinski definition) is 2. The number of anilines is 3. The Morgan fingerprint density at radius 2 is 1.00 bits per heavy atom. The van der Waals surface area contributed by atoms with Gasteiger partial charge in [-0.15, -0.1) is 11.3 Å². The van der Waals surface area contributed by atoms with Gasteiger partial charge in [-0.3, -0.25) is 0 Å². The average molecular weight is 780 g/mol. The summed E-state index contributed by atoms with van der Waals surface area (Å²) < 4.78 is 2.60. The first kappa shape index (κ1) is 33.7. The number of thiophene rings is 1. The lowest BCUT2D eigenvalue weighted by Gasteiger charge is -2.35. The zero-order valence-electron chi connectivity index (χ0n) is 32.8. The highest BCUT2D eigenvalue weighted by molar-refractivity contribution is 7.26. The van der Waals surface area contributed by atoms with Crippen LogP contribution in [0.1, 0.15) is 22.3 Å². The molecule has 60 heavy (non-hydrogen) atoms. The van der Waals surface area contributed by atoms with E-state index in [9.17, 15) is 0 Å². The van der Waals surface area contributed by atoms with E-state index in [0.29, 0.717) is 0 Å². The van der Waals surface area contributed by atoms with Gasteiger partial charge in [0.2, 0.25) is 0 Å². The fraction of sp³-hybridized carbons (Fsp3) is 0.0345. The van der Waals surface area contributed by atoms with E-state index < -0.39 is 5.41 Å². The van der Waals surface area contributed by atoms with Gasteiger partial charge in [-0.2, -0.15) is 0 Å². The van der Waals surface area contributed by atoms with Gasteiger partial charge in [0.1, 0.15) is 0 Å². The zero-order chi connectivity index (χ0) is 39.4. The molecule has 0 aliphatic heterocycles. The van der Waals surface area contributed by atoms with Crippen LogP contribution >= 0.6 is 11.3 Å². The third kappa shape index (κ3) is 4.74. The minimum atomic E-state index is -0.464. The molecule has 0 bridgehead atoms. The normalized spacial score (nSPS) is 15.0. The van der Waals surface area contributed by atoms with Crippen LogP contribution < -0.4 is 4.90 Å². The maximum absolute atomic E-state index is 2.55. The maximum atomic E-state index is 2.55. The number of fused-ring (bicyclic) bond motifs is 12. The zero-order valence-corrected chi connectivity index (χ0v) is 33.6. The molecule has 1 nitrogen and oxygen atoms in total. The SMILES string of the molecule is c1ccc(-c2ccc3cccc4c3c2CC2(c3ccccc3-c3ccc(N(c5ccc6ccccc6c5)c5cccc6c5sc5ccccc56)cc32)c2ccccc2-4)cc1. The van der Waals surface area contributed by atoms with Crippen molar-refractivity contribution in [1.29, 1.82) is 0 Å². The van der Waals surface area contributed by atoms with Crippen molar-refractivity contribution in [3.05, 3.63) is 235 Å². The Balaban J connectivity index is 1.12. The molecule has 10 aromatic carbocycles. The van der Waals surface area contributed by atoms with Crippen LogP contribution in [0.5, 0.6) is 0 Å². The van der Waals surface area contributed by atoms with Crippen LogP contribution in [-0.2, 0) is 11.8 Å². The number of benzene rings is 10. The Hall–Kier alpha value is -7.26. The van der Waals surface area contributed by atoms with E-state index in [4.69, 9.17) is 0 Å². The first-order valence-electron chi connectivity index (χ1n) is 20.9. The molecule has 1 aromatic heterocycles. The van der Waals surface area contributed by atoms with Crippen LogP contribution in [0.15, 0.2) is 212 Å². The van der Waals surface area contributed by atoms with Gasteiger partial charge in [-0.05, 0) is 120 Å². The average Bonchev–Trinajstić information content (AvgIpc) is 3.79. The van der Waals surface area contributed by atoms with Crippen LogP contribution in [0.3, 0.4) is 0 Å². The van der Waals surface area contributed by atoms with Crippen LogP contribution in [0.25, 0.3) is 75.1 Å². The molecule has 1 spiro atoms. The largest absolute Gasteiger partial charge is 0.309 e. The summed E-state index contributed by atoms with van der Waals surface area (Å²) in [5.74, 6) is 0. The van der Waals surface area contributed by atoms with Crippen molar-refractivity contribution < 1.29 is 0 Å². The molecule has 0 radical (unpaired) electrons. The molecule has 11 aromatic rings. The Bertz CT molecular complexity index is 3540. The first-order valence-corrected chi connectivity index (χ1v) is 21.7. The molecule has 1 atom stereocenters. The van der Waals surface area contributed by atoms with Crippen molar-refractivity contribution >= 4 is 70.1 Å². The summed E-state index contributed by atoms with van der Waals surface area (Å²) in [5, 5.41) is 7.71. The van der Waals surface area contributed by atoms with Gasteiger partial charge in [-0.25, -0.2) is 0 Å². The van der Waals surface area contributed by atoms with E-state index in [1.165, 1.54) is 103 Å². The Morgan fingerprint density at radius 1 is 0.400 bits per heavy atom. The maximum Gasteiger partial charge on any atom is 0.0640 e. The fourth-order valence-electron chi connectivity index (χ4n) is 10.8. The summed E-state index contributed by atoms with van der Waals surface area (Å²) in [5.41, 5.74) is 16.3. The molecule has 0 saturated carbocycles. The Kier molecular flexibility index (Phi) is 7.23. The summed E-state index contributed by atoms with van der Waals surface area (Å²) in [7, 11) is 0. The molecule has 2 aliphatic carbocycles. The smallest absolute Gasteiger partial charge is 0.0640 e. The predicted molar refractivity (Wildman–Crippen MR) is 255 cm³/mol. The summed E-state index contributed by atoms with van der Waals surface area (Å²) in [4.78, 5) is 2.52. The van der Waals surface area contributed by atoms with E-state index >= 15 is 0 Å². The predicted octanol–water partition coefficient (Wildman–Crippen LogP) is 16.0. The summed E-state index contributed by atoms with van der Waals surface area (Å²) in [6.45, 7) is 0. The highest BCUT2D eigenvalue weighted by Gasteiger charge is 2.48. The van der Waals surface area contributed by atoms with Crippen LogP contribution in [-0.4, -0.2) is 0 Å². The molecule has 0 amide bonds. The molecule has 2 heteroatoms. The first-order chi connectivity index (χ1) is 29.7. The third-order valence-corrected chi connectivity index (χ3v) is 14.6. The van der Waals surface area contributed by atoms with Gasteiger partial charge in [0.05, 0.1) is 15.8 Å². The molecule has 0 N–H and O–H groups in total. The molecule has 280 valence electrons. The molecular formula is C58H37NS. The molecule has 1 unspecified atom stereocenters. The lowest BCUT2D eigenvalue weighted by Crippen LogP contribution is -2.30. The summed E-state index contributed by atoms with van der Waals surface area (Å²) in [6.07, 6.45) is 0.831. The fourth-order valence-corrected chi connectivity index (χ4v) is 12.0.